The SMILES string of the molecule is Cc1nc(-c2ccncc2)nc(NCc2ccccc2CN2CCC(O)CC2)c1C. The highest BCUT2D eigenvalue weighted by molar-refractivity contribution is 5.59. The summed E-state index contributed by atoms with van der Waals surface area (Å²) < 4.78 is 0. The molecule has 0 unspecified atom stereocenters. The van der Waals surface area contributed by atoms with Crippen molar-refractivity contribution in [2.75, 3.05) is 18.4 Å². The molecule has 1 fully saturated rings. The minimum Gasteiger partial charge on any atom is -0.393 e. The van der Waals surface area contributed by atoms with Crippen LogP contribution in [0.1, 0.15) is 35.2 Å². The number of benzene rings is 1. The van der Waals surface area contributed by atoms with Crippen LogP contribution in [-0.4, -0.2) is 44.2 Å². The second-order valence-corrected chi connectivity index (χ2v) is 7.97. The Morgan fingerprint density at radius 2 is 1.70 bits per heavy atom. The molecule has 6 nitrogen and oxygen atoms in total. The summed E-state index contributed by atoms with van der Waals surface area (Å²) in [5.74, 6) is 1.58. The van der Waals surface area contributed by atoms with Crippen molar-refractivity contribution in [3.8, 4) is 11.4 Å². The van der Waals surface area contributed by atoms with E-state index in [1.165, 1.54) is 11.1 Å². The zero-order valence-electron chi connectivity index (χ0n) is 17.7. The second-order valence-electron chi connectivity index (χ2n) is 7.97. The number of aliphatic hydroxyl groups excluding tert-OH is 1. The third kappa shape index (κ3) is 4.83. The number of nitrogens with zero attached hydrogens (tertiary/aromatic N) is 4. The summed E-state index contributed by atoms with van der Waals surface area (Å²) in [6, 6.07) is 12.4. The van der Waals surface area contributed by atoms with Crippen LogP contribution in [0.25, 0.3) is 11.4 Å². The number of likely N-dealkylation sites (tertiary alicyclic amines) is 1. The van der Waals surface area contributed by atoms with E-state index >= 15 is 0 Å². The van der Waals surface area contributed by atoms with E-state index in [9.17, 15) is 5.11 Å². The molecule has 4 rings (SSSR count). The lowest BCUT2D eigenvalue weighted by Gasteiger charge is -2.30. The van der Waals surface area contributed by atoms with Gasteiger partial charge in [-0.05, 0) is 49.9 Å². The molecule has 3 aromatic rings. The fourth-order valence-corrected chi connectivity index (χ4v) is 3.81. The van der Waals surface area contributed by atoms with Crippen LogP contribution in [0, 0.1) is 13.8 Å². The lowest BCUT2D eigenvalue weighted by molar-refractivity contribution is 0.0791. The number of rotatable bonds is 6. The minimum absolute atomic E-state index is 0.142. The van der Waals surface area contributed by atoms with Crippen LogP contribution in [0.2, 0.25) is 0 Å². The molecular weight excluding hydrogens is 374 g/mol. The van der Waals surface area contributed by atoms with E-state index in [-0.39, 0.29) is 6.10 Å². The monoisotopic (exact) mass is 403 g/mol. The van der Waals surface area contributed by atoms with Crippen LogP contribution in [0.4, 0.5) is 5.82 Å². The fourth-order valence-electron chi connectivity index (χ4n) is 3.81. The van der Waals surface area contributed by atoms with Gasteiger partial charge in [0.25, 0.3) is 0 Å². The summed E-state index contributed by atoms with van der Waals surface area (Å²) in [5.41, 5.74) is 5.59. The van der Waals surface area contributed by atoms with Crippen molar-refractivity contribution in [3.05, 3.63) is 71.2 Å². The number of piperidine rings is 1. The summed E-state index contributed by atoms with van der Waals surface area (Å²) >= 11 is 0. The Bertz CT molecular complexity index is 984. The maximum Gasteiger partial charge on any atom is 0.161 e. The summed E-state index contributed by atoms with van der Waals surface area (Å²) in [7, 11) is 0. The third-order valence-corrected chi connectivity index (χ3v) is 5.84. The molecule has 0 aliphatic carbocycles. The van der Waals surface area contributed by atoms with Gasteiger partial charge in [0.15, 0.2) is 5.82 Å². The van der Waals surface area contributed by atoms with Crippen molar-refractivity contribution < 1.29 is 5.11 Å². The molecule has 0 bridgehead atoms. The molecule has 0 amide bonds. The van der Waals surface area contributed by atoms with E-state index in [4.69, 9.17) is 4.98 Å². The Kier molecular flexibility index (Phi) is 6.35. The van der Waals surface area contributed by atoms with Crippen molar-refractivity contribution >= 4 is 5.82 Å². The van der Waals surface area contributed by atoms with Gasteiger partial charge < -0.3 is 10.4 Å². The number of hydrogen-bond donors (Lipinski definition) is 2. The van der Waals surface area contributed by atoms with Gasteiger partial charge in [0.05, 0.1) is 6.10 Å². The van der Waals surface area contributed by atoms with Crippen LogP contribution >= 0.6 is 0 Å². The fraction of sp³-hybridized carbons (Fsp3) is 0.375. The van der Waals surface area contributed by atoms with Crippen LogP contribution in [0.3, 0.4) is 0 Å². The van der Waals surface area contributed by atoms with E-state index in [1.54, 1.807) is 12.4 Å². The molecule has 2 N–H and O–H groups in total. The Balaban J connectivity index is 1.51. The maximum absolute atomic E-state index is 9.76. The van der Waals surface area contributed by atoms with E-state index < -0.39 is 0 Å². The maximum atomic E-state index is 9.76. The van der Waals surface area contributed by atoms with Crippen molar-refractivity contribution in [1.29, 1.82) is 0 Å². The molecule has 1 aliphatic rings. The summed E-state index contributed by atoms with van der Waals surface area (Å²) in [6.07, 6.45) is 5.10. The predicted octanol–water partition coefficient (Wildman–Crippen LogP) is 3.72. The lowest BCUT2D eigenvalue weighted by Crippen LogP contribution is -2.35. The molecule has 1 aromatic carbocycles. The number of nitrogens with one attached hydrogen (secondary N) is 1. The molecule has 3 heterocycles. The van der Waals surface area contributed by atoms with Crippen LogP contribution in [0.15, 0.2) is 48.8 Å². The van der Waals surface area contributed by atoms with Gasteiger partial charge >= 0.3 is 0 Å². The average Bonchev–Trinajstić information content (AvgIpc) is 2.78. The molecule has 0 atom stereocenters. The van der Waals surface area contributed by atoms with Crippen molar-refractivity contribution in [2.24, 2.45) is 0 Å². The first-order valence-corrected chi connectivity index (χ1v) is 10.6. The molecule has 1 aliphatic heterocycles. The molecule has 0 spiro atoms. The highest BCUT2D eigenvalue weighted by atomic mass is 16.3. The normalized spacial score (nSPS) is 15.3. The summed E-state index contributed by atoms with van der Waals surface area (Å²) in [6.45, 7) is 7.59. The third-order valence-electron chi connectivity index (χ3n) is 5.84. The van der Waals surface area contributed by atoms with Crippen LogP contribution in [0.5, 0.6) is 0 Å². The Morgan fingerprint density at radius 1 is 1.00 bits per heavy atom. The predicted molar refractivity (Wildman–Crippen MR) is 119 cm³/mol. The molecule has 6 heteroatoms. The molecule has 30 heavy (non-hydrogen) atoms. The lowest BCUT2D eigenvalue weighted by atomic mass is 10.0. The highest BCUT2D eigenvalue weighted by Crippen LogP contribution is 2.23. The van der Waals surface area contributed by atoms with Gasteiger partial charge in [-0.15, -0.1) is 0 Å². The van der Waals surface area contributed by atoms with Crippen LogP contribution < -0.4 is 5.32 Å². The van der Waals surface area contributed by atoms with Crippen molar-refractivity contribution in [3.63, 3.8) is 0 Å². The van der Waals surface area contributed by atoms with E-state index in [1.807, 2.05) is 19.1 Å². The van der Waals surface area contributed by atoms with Gasteiger partial charge in [-0.2, -0.15) is 0 Å². The number of anilines is 1. The van der Waals surface area contributed by atoms with Gasteiger partial charge in [0.2, 0.25) is 0 Å². The summed E-state index contributed by atoms with van der Waals surface area (Å²) in [4.78, 5) is 15.9. The van der Waals surface area contributed by atoms with E-state index in [0.29, 0.717) is 12.4 Å². The minimum atomic E-state index is -0.142. The Hall–Kier alpha value is -2.83. The number of aryl methyl sites for hydroxylation is 1. The van der Waals surface area contributed by atoms with Crippen molar-refractivity contribution in [1.82, 2.24) is 19.9 Å². The molecule has 1 saturated heterocycles. The molecule has 0 radical (unpaired) electrons. The number of aliphatic hydroxyl groups is 1. The van der Waals surface area contributed by atoms with Crippen molar-refractivity contribution in [2.45, 2.75) is 45.9 Å². The highest BCUT2D eigenvalue weighted by Gasteiger charge is 2.18. The number of aromatic nitrogens is 3. The number of pyridine rings is 1. The van der Waals surface area contributed by atoms with E-state index in [0.717, 1.165) is 55.1 Å². The molecule has 2 aromatic heterocycles. The van der Waals surface area contributed by atoms with Gasteiger partial charge in [-0.1, -0.05) is 24.3 Å². The number of hydrogen-bond acceptors (Lipinski definition) is 6. The van der Waals surface area contributed by atoms with Gasteiger partial charge in [0.1, 0.15) is 5.82 Å². The van der Waals surface area contributed by atoms with E-state index in [2.05, 4.69) is 51.4 Å². The quantitative estimate of drug-likeness (QED) is 0.653. The largest absolute Gasteiger partial charge is 0.393 e. The summed E-state index contributed by atoms with van der Waals surface area (Å²) in [5, 5.41) is 13.3. The first kappa shape index (κ1) is 20.4. The van der Waals surface area contributed by atoms with Gasteiger partial charge in [-0.3, -0.25) is 9.88 Å². The zero-order chi connectivity index (χ0) is 20.9. The molecule has 156 valence electrons. The van der Waals surface area contributed by atoms with Gasteiger partial charge in [0, 0.05) is 55.4 Å². The Morgan fingerprint density at radius 3 is 2.43 bits per heavy atom. The standard InChI is InChI=1S/C24H29N5O/c1-17-18(2)27-24(19-7-11-25-12-8-19)28-23(17)26-15-20-5-3-4-6-21(20)16-29-13-9-22(30)10-14-29/h3-8,11-12,22,30H,9-10,13-16H2,1-2H3,(H,26,27,28). The smallest absolute Gasteiger partial charge is 0.161 e. The zero-order valence-corrected chi connectivity index (χ0v) is 17.7. The first-order chi connectivity index (χ1) is 14.6. The Labute approximate surface area is 178 Å². The molecular formula is C24H29N5O. The first-order valence-electron chi connectivity index (χ1n) is 10.6. The molecule has 0 saturated carbocycles. The average molecular weight is 404 g/mol. The van der Waals surface area contributed by atoms with Gasteiger partial charge in [-0.25, -0.2) is 9.97 Å². The van der Waals surface area contributed by atoms with Crippen LogP contribution in [-0.2, 0) is 13.1 Å². The topological polar surface area (TPSA) is 74.2 Å². The second kappa shape index (κ2) is 9.32.